The van der Waals surface area contributed by atoms with Crippen LogP contribution in [-0.2, 0) is 12.8 Å². The number of rotatable bonds is 1. The van der Waals surface area contributed by atoms with E-state index in [1.807, 2.05) is 0 Å². The van der Waals surface area contributed by atoms with E-state index in [4.69, 9.17) is 4.74 Å². The van der Waals surface area contributed by atoms with Gasteiger partial charge in [0.2, 0.25) is 0 Å². The van der Waals surface area contributed by atoms with Crippen molar-refractivity contribution < 1.29 is 4.74 Å². The number of methoxy groups -OCH3 is 1. The number of likely N-dealkylation sites (N-methyl/N-ethyl adjacent to an activating group) is 1. The second-order valence-corrected chi connectivity index (χ2v) is 6.31. The number of nitrogens with zero attached hydrogens (tertiary/aromatic N) is 1. The van der Waals surface area contributed by atoms with Crippen LogP contribution in [-0.4, -0.2) is 25.6 Å². The van der Waals surface area contributed by atoms with E-state index in [1.54, 1.807) is 12.7 Å². The molecule has 2 nitrogen and oxygen atoms in total. The van der Waals surface area contributed by atoms with Gasteiger partial charge in [0.05, 0.1) is 7.11 Å². The maximum atomic E-state index is 5.53. The van der Waals surface area contributed by atoms with Gasteiger partial charge in [0.1, 0.15) is 5.75 Å². The van der Waals surface area contributed by atoms with Crippen molar-refractivity contribution in [2.75, 3.05) is 20.7 Å². The largest absolute Gasteiger partial charge is 0.496 e. The summed E-state index contributed by atoms with van der Waals surface area (Å²) in [4.78, 5) is 2.51. The van der Waals surface area contributed by atoms with Crippen LogP contribution in [0.3, 0.4) is 0 Å². The molecule has 0 aromatic heterocycles. The second-order valence-electron chi connectivity index (χ2n) is 6.31. The Labute approximate surface area is 126 Å². The van der Waals surface area contributed by atoms with E-state index in [2.05, 4.69) is 49.2 Å². The van der Waals surface area contributed by atoms with E-state index in [9.17, 15) is 0 Å². The van der Waals surface area contributed by atoms with E-state index < -0.39 is 0 Å². The number of fused-ring (bicyclic) bond motifs is 2. The molecule has 2 aromatic carbocycles. The molecule has 0 spiro atoms. The minimum absolute atomic E-state index is 0.533. The van der Waals surface area contributed by atoms with E-state index in [0.29, 0.717) is 6.04 Å². The van der Waals surface area contributed by atoms with Gasteiger partial charge in [-0.3, -0.25) is 4.90 Å². The molecule has 0 N–H and O–H groups in total. The summed E-state index contributed by atoms with van der Waals surface area (Å²) in [6.45, 7) is 3.29. The average Bonchev–Trinajstić information content (AvgIpc) is 2.50. The first-order chi connectivity index (χ1) is 10.2. The molecule has 1 aliphatic carbocycles. The number of ether oxygens (including phenoxy) is 1. The van der Waals surface area contributed by atoms with Gasteiger partial charge in [-0.25, -0.2) is 0 Å². The zero-order valence-corrected chi connectivity index (χ0v) is 12.9. The second kappa shape index (κ2) is 4.60. The van der Waals surface area contributed by atoms with Crippen LogP contribution in [0.2, 0.25) is 0 Å². The quantitative estimate of drug-likeness (QED) is 0.788. The van der Waals surface area contributed by atoms with Crippen LogP contribution in [0.15, 0.2) is 30.3 Å². The molecule has 0 radical (unpaired) electrons. The summed E-state index contributed by atoms with van der Waals surface area (Å²) in [6, 6.07) is 11.9. The number of hydrogen-bond donors (Lipinski definition) is 0. The molecule has 108 valence electrons. The predicted octanol–water partition coefficient (Wildman–Crippen LogP) is 3.76. The number of hydrogen-bond acceptors (Lipinski definition) is 2. The predicted molar refractivity (Wildman–Crippen MR) is 85.9 cm³/mol. The molecule has 21 heavy (non-hydrogen) atoms. The maximum Gasteiger partial charge on any atom is 0.122 e. The molecule has 2 aliphatic rings. The van der Waals surface area contributed by atoms with Gasteiger partial charge in [0.15, 0.2) is 0 Å². The Bertz CT molecular complexity index is 720. The van der Waals surface area contributed by atoms with Crippen molar-refractivity contribution in [3.8, 4) is 16.9 Å². The summed E-state index contributed by atoms with van der Waals surface area (Å²) in [5, 5.41) is 0. The molecule has 4 rings (SSSR count). The van der Waals surface area contributed by atoms with Crippen molar-refractivity contribution in [1.82, 2.24) is 4.90 Å². The number of benzene rings is 2. The molecule has 1 aliphatic heterocycles. The lowest BCUT2D eigenvalue weighted by Gasteiger charge is -2.40. The fourth-order valence-corrected chi connectivity index (χ4v) is 3.99. The Hall–Kier alpha value is -1.80. The smallest absolute Gasteiger partial charge is 0.122 e. The molecule has 0 fully saturated rings. The Morgan fingerprint density at radius 2 is 2.00 bits per heavy atom. The van der Waals surface area contributed by atoms with Crippen molar-refractivity contribution in [1.29, 1.82) is 0 Å². The van der Waals surface area contributed by atoms with Crippen LogP contribution in [0, 0.1) is 6.92 Å². The first kappa shape index (κ1) is 12.9. The zero-order chi connectivity index (χ0) is 14.6. The highest BCUT2D eigenvalue weighted by atomic mass is 16.5. The molecule has 1 atom stereocenters. The molecule has 2 aromatic rings. The summed E-state index contributed by atoms with van der Waals surface area (Å²) >= 11 is 0. The molecule has 0 saturated carbocycles. The van der Waals surface area contributed by atoms with Crippen molar-refractivity contribution in [2.24, 2.45) is 0 Å². The molecule has 2 heteroatoms. The first-order valence-corrected chi connectivity index (χ1v) is 7.69. The molecule has 0 amide bonds. The van der Waals surface area contributed by atoms with Crippen LogP contribution in [0.25, 0.3) is 11.1 Å². The minimum Gasteiger partial charge on any atom is -0.496 e. The zero-order valence-electron chi connectivity index (χ0n) is 12.9. The van der Waals surface area contributed by atoms with Crippen LogP contribution < -0.4 is 4.74 Å². The third kappa shape index (κ3) is 1.82. The van der Waals surface area contributed by atoms with Gasteiger partial charge < -0.3 is 4.74 Å². The standard InChI is InChI=1S/C19H21NO/c1-12-9-14-10-17-19-13(7-8-20(17)2)5-4-6-15(19)16(14)11-18(12)21-3/h4-6,9,11,17H,7-8,10H2,1-3H3. The molecule has 1 heterocycles. The third-order valence-corrected chi connectivity index (χ3v) is 5.12. The van der Waals surface area contributed by atoms with Crippen LogP contribution in [0.4, 0.5) is 0 Å². The van der Waals surface area contributed by atoms with Gasteiger partial charge in [-0.15, -0.1) is 0 Å². The van der Waals surface area contributed by atoms with Crippen molar-refractivity contribution in [3.05, 3.63) is 52.6 Å². The van der Waals surface area contributed by atoms with Gasteiger partial charge in [-0.05, 0) is 66.3 Å². The molecule has 1 unspecified atom stereocenters. The fraction of sp³-hybridized carbons (Fsp3) is 0.368. The third-order valence-electron chi connectivity index (χ3n) is 5.12. The summed E-state index contributed by atoms with van der Waals surface area (Å²) in [5.74, 6) is 0.994. The van der Waals surface area contributed by atoms with E-state index in [-0.39, 0.29) is 0 Å². The Morgan fingerprint density at radius 1 is 1.14 bits per heavy atom. The molecule has 0 saturated heterocycles. The van der Waals surface area contributed by atoms with Crippen molar-refractivity contribution in [3.63, 3.8) is 0 Å². The van der Waals surface area contributed by atoms with E-state index in [1.165, 1.54) is 27.8 Å². The Kier molecular flexibility index (Phi) is 2.83. The van der Waals surface area contributed by atoms with Crippen LogP contribution in [0.5, 0.6) is 5.75 Å². The minimum atomic E-state index is 0.533. The molecular formula is C19H21NO. The molecule has 0 bridgehead atoms. The lowest BCUT2D eigenvalue weighted by Crippen LogP contribution is -2.35. The first-order valence-electron chi connectivity index (χ1n) is 7.69. The van der Waals surface area contributed by atoms with E-state index >= 15 is 0 Å². The lowest BCUT2D eigenvalue weighted by atomic mass is 9.77. The Morgan fingerprint density at radius 3 is 2.81 bits per heavy atom. The monoisotopic (exact) mass is 279 g/mol. The highest BCUT2D eigenvalue weighted by molar-refractivity contribution is 5.77. The topological polar surface area (TPSA) is 12.5 Å². The highest BCUT2D eigenvalue weighted by Crippen LogP contribution is 2.46. The summed E-state index contributed by atoms with van der Waals surface area (Å²) in [6.07, 6.45) is 2.27. The highest BCUT2D eigenvalue weighted by Gasteiger charge is 2.32. The summed E-state index contributed by atoms with van der Waals surface area (Å²) in [5.41, 5.74) is 8.53. The average molecular weight is 279 g/mol. The van der Waals surface area contributed by atoms with Gasteiger partial charge in [0, 0.05) is 12.6 Å². The summed E-state index contributed by atoms with van der Waals surface area (Å²) < 4.78 is 5.53. The van der Waals surface area contributed by atoms with Gasteiger partial charge in [-0.1, -0.05) is 24.3 Å². The van der Waals surface area contributed by atoms with Gasteiger partial charge in [0.25, 0.3) is 0 Å². The fourth-order valence-electron chi connectivity index (χ4n) is 3.99. The number of aryl methyl sites for hydroxylation is 1. The van der Waals surface area contributed by atoms with Gasteiger partial charge in [-0.2, -0.15) is 0 Å². The normalized spacial score (nSPS) is 19.9. The molecular weight excluding hydrogens is 258 g/mol. The summed E-state index contributed by atoms with van der Waals surface area (Å²) in [7, 11) is 4.01. The maximum absolute atomic E-state index is 5.53. The van der Waals surface area contributed by atoms with Crippen LogP contribution >= 0.6 is 0 Å². The van der Waals surface area contributed by atoms with Crippen LogP contribution in [0.1, 0.15) is 28.3 Å². The van der Waals surface area contributed by atoms with E-state index in [0.717, 1.165) is 25.1 Å². The lowest BCUT2D eigenvalue weighted by molar-refractivity contribution is 0.228. The Balaban J connectivity index is 1.99. The SMILES string of the molecule is COc1cc2c(cc1C)CC1c3c(cccc3-2)CCN1C. The van der Waals surface area contributed by atoms with Gasteiger partial charge >= 0.3 is 0 Å². The van der Waals surface area contributed by atoms with Crippen molar-refractivity contribution >= 4 is 0 Å². The van der Waals surface area contributed by atoms with Crippen molar-refractivity contribution in [2.45, 2.75) is 25.8 Å².